The van der Waals surface area contributed by atoms with Gasteiger partial charge in [-0.1, -0.05) is 11.6 Å². The zero-order valence-corrected chi connectivity index (χ0v) is 11.1. The van der Waals surface area contributed by atoms with Gasteiger partial charge in [-0.25, -0.2) is 0 Å². The first-order chi connectivity index (χ1) is 7.99. The van der Waals surface area contributed by atoms with Gasteiger partial charge in [-0.2, -0.15) is 0 Å². The molecule has 0 saturated carbocycles. The summed E-state index contributed by atoms with van der Waals surface area (Å²) < 4.78 is 10.4. The van der Waals surface area contributed by atoms with E-state index in [2.05, 4.69) is 0 Å². The molecule has 1 saturated heterocycles. The molecule has 1 aliphatic rings. The van der Waals surface area contributed by atoms with Crippen molar-refractivity contribution in [2.75, 3.05) is 13.7 Å². The summed E-state index contributed by atoms with van der Waals surface area (Å²) in [4.78, 5) is 12.2. The number of halogens is 1. The van der Waals surface area contributed by atoms with Gasteiger partial charge in [-0.3, -0.25) is 4.79 Å². The van der Waals surface area contributed by atoms with Crippen LogP contribution in [0.3, 0.4) is 0 Å². The van der Waals surface area contributed by atoms with Crippen LogP contribution >= 0.6 is 11.6 Å². The number of benzene rings is 1. The zero-order chi connectivity index (χ0) is 12.7. The fourth-order valence-electron chi connectivity index (χ4n) is 2.00. The lowest BCUT2D eigenvalue weighted by Crippen LogP contribution is -2.13. The maximum Gasteiger partial charge on any atom is 0.197 e. The molecule has 1 aliphatic heterocycles. The number of carbonyl (C=O) groups is 1. The quantitative estimate of drug-likeness (QED) is 0.615. The first-order valence-corrected chi connectivity index (χ1v) is 5.85. The highest BCUT2D eigenvalue weighted by molar-refractivity contribution is 6.33. The molecular formula is C13H15ClO3. The third-order valence-electron chi connectivity index (χ3n) is 3.24. The van der Waals surface area contributed by atoms with Crippen LogP contribution in [0.1, 0.15) is 27.0 Å². The predicted molar refractivity (Wildman–Crippen MR) is 66.3 cm³/mol. The van der Waals surface area contributed by atoms with Gasteiger partial charge in [0.05, 0.1) is 19.3 Å². The molecule has 1 atom stereocenters. The molecule has 0 aromatic heterocycles. The average molecular weight is 255 g/mol. The number of rotatable bonds is 3. The molecule has 0 aliphatic carbocycles. The molecule has 1 unspecified atom stereocenters. The molecule has 4 heteroatoms. The minimum atomic E-state index is -0.319. The number of hydrogen-bond acceptors (Lipinski definition) is 3. The van der Waals surface area contributed by atoms with Crippen LogP contribution in [0.5, 0.6) is 5.75 Å². The van der Waals surface area contributed by atoms with Gasteiger partial charge >= 0.3 is 0 Å². The van der Waals surface area contributed by atoms with Gasteiger partial charge in [-0.05, 0) is 37.5 Å². The fraction of sp³-hybridized carbons (Fsp3) is 0.462. The van der Waals surface area contributed by atoms with Gasteiger partial charge in [0.25, 0.3) is 0 Å². The summed E-state index contributed by atoms with van der Waals surface area (Å²) in [7, 11) is 1.57. The highest BCUT2D eigenvalue weighted by Gasteiger charge is 2.36. The monoisotopic (exact) mass is 254 g/mol. The van der Waals surface area contributed by atoms with Gasteiger partial charge in [-0.15, -0.1) is 0 Å². The van der Waals surface area contributed by atoms with Crippen molar-refractivity contribution < 1.29 is 14.3 Å². The SMILES string of the molecule is COc1c(C)c(C)c(Cl)c(C)c1C(=O)C1CO1. The van der Waals surface area contributed by atoms with E-state index in [1.165, 1.54) is 0 Å². The number of epoxide rings is 1. The Kier molecular flexibility index (Phi) is 3.15. The second kappa shape index (κ2) is 4.31. The lowest BCUT2D eigenvalue weighted by molar-refractivity contribution is 0.0950. The van der Waals surface area contributed by atoms with Crippen molar-refractivity contribution in [2.24, 2.45) is 0 Å². The molecule has 92 valence electrons. The van der Waals surface area contributed by atoms with Crippen molar-refractivity contribution in [3.63, 3.8) is 0 Å². The normalized spacial score (nSPS) is 18.1. The van der Waals surface area contributed by atoms with Crippen LogP contribution < -0.4 is 4.74 Å². The van der Waals surface area contributed by atoms with E-state index in [1.54, 1.807) is 7.11 Å². The van der Waals surface area contributed by atoms with E-state index in [1.807, 2.05) is 20.8 Å². The summed E-state index contributed by atoms with van der Waals surface area (Å²) in [5, 5.41) is 0.632. The third-order valence-corrected chi connectivity index (χ3v) is 3.81. The Balaban J connectivity index is 2.67. The van der Waals surface area contributed by atoms with Crippen molar-refractivity contribution in [2.45, 2.75) is 26.9 Å². The van der Waals surface area contributed by atoms with Crippen LogP contribution in [0.25, 0.3) is 0 Å². The summed E-state index contributed by atoms with van der Waals surface area (Å²) in [6, 6.07) is 0. The first-order valence-electron chi connectivity index (χ1n) is 5.48. The topological polar surface area (TPSA) is 38.8 Å². The number of Topliss-reactive ketones (excluding diaryl/α,β-unsaturated/α-hetero) is 1. The standard InChI is InChI=1S/C13H15ClO3/c1-6-7(2)13(16-4)10(8(3)11(6)14)12(15)9-5-17-9/h9H,5H2,1-4H3. The Morgan fingerprint density at radius 2 is 1.88 bits per heavy atom. The smallest absolute Gasteiger partial charge is 0.197 e. The van der Waals surface area contributed by atoms with Crippen LogP contribution in [0, 0.1) is 20.8 Å². The van der Waals surface area contributed by atoms with Crippen molar-refractivity contribution in [1.29, 1.82) is 0 Å². The molecule has 0 radical (unpaired) electrons. The van der Waals surface area contributed by atoms with Gasteiger partial charge in [0.1, 0.15) is 11.9 Å². The summed E-state index contributed by atoms with van der Waals surface area (Å²) in [5.41, 5.74) is 3.19. The minimum absolute atomic E-state index is 0.0376. The van der Waals surface area contributed by atoms with Gasteiger partial charge in [0.2, 0.25) is 0 Å². The van der Waals surface area contributed by atoms with E-state index in [0.717, 1.165) is 16.7 Å². The molecular weight excluding hydrogens is 240 g/mol. The van der Waals surface area contributed by atoms with Crippen LogP contribution in [-0.4, -0.2) is 25.6 Å². The van der Waals surface area contributed by atoms with Gasteiger partial charge in [0.15, 0.2) is 5.78 Å². The molecule has 1 fully saturated rings. The summed E-state index contributed by atoms with van der Waals surface area (Å²) in [5.74, 6) is 0.578. The van der Waals surface area contributed by atoms with Gasteiger partial charge < -0.3 is 9.47 Å². The number of carbonyl (C=O) groups excluding carboxylic acids is 1. The molecule has 0 bridgehead atoms. The summed E-state index contributed by atoms with van der Waals surface area (Å²) in [6.07, 6.45) is -0.319. The number of hydrogen-bond donors (Lipinski definition) is 0. The Bertz CT molecular complexity index is 490. The highest BCUT2D eigenvalue weighted by Crippen LogP contribution is 2.37. The Labute approximate surface area is 106 Å². The molecule has 0 N–H and O–H groups in total. The van der Waals surface area contributed by atoms with E-state index >= 15 is 0 Å². The fourth-order valence-corrected chi connectivity index (χ4v) is 2.23. The molecule has 1 aromatic carbocycles. The number of methoxy groups -OCH3 is 1. The largest absolute Gasteiger partial charge is 0.496 e. The summed E-state index contributed by atoms with van der Waals surface area (Å²) in [6.45, 7) is 6.16. The minimum Gasteiger partial charge on any atom is -0.496 e. The van der Waals surface area contributed by atoms with E-state index in [0.29, 0.717) is 22.9 Å². The van der Waals surface area contributed by atoms with Gasteiger partial charge in [0, 0.05) is 5.02 Å². The van der Waals surface area contributed by atoms with Crippen molar-refractivity contribution >= 4 is 17.4 Å². The molecule has 17 heavy (non-hydrogen) atoms. The highest BCUT2D eigenvalue weighted by atomic mass is 35.5. The van der Waals surface area contributed by atoms with E-state index < -0.39 is 0 Å². The third kappa shape index (κ3) is 1.94. The summed E-state index contributed by atoms with van der Waals surface area (Å²) >= 11 is 6.24. The second-order valence-corrected chi connectivity index (χ2v) is 4.66. The van der Waals surface area contributed by atoms with E-state index in [9.17, 15) is 4.79 Å². The first kappa shape index (κ1) is 12.4. The van der Waals surface area contributed by atoms with Crippen LogP contribution in [0.15, 0.2) is 0 Å². The Morgan fingerprint density at radius 3 is 2.35 bits per heavy atom. The van der Waals surface area contributed by atoms with E-state index in [-0.39, 0.29) is 11.9 Å². The lowest BCUT2D eigenvalue weighted by Gasteiger charge is -2.17. The van der Waals surface area contributed by atoms with Crippen LogP contribution in [0.4, 0.5) is 0 Å². The molecule has 1 heterocycles. The molecule has 1 aromatic rings. The second-order valence-electron chi connectivity index (χ2n) is 4.28. The zero-order valence-electron chi connectivity index (χ0n) is 10.4. The Hall–Kier alpha value is -1.06. The average Bonchev–Trinajstić information content (AvgIpc) is 3.14. The number of ether oxygens (including phenoxy) is 2. The number of ketones is 1. The molecule has 0 amide bonds. The molecule has 2 rings (SSSR count). The molecule has 3 nitrogen and oxygen atoms in total. The Morgan fingerprint density at radius 1 is 1.29 bits per heavy atom. The lowest BCUT2D eigenvalue weighted by atomic mass is 9.95. The van der Waals surface area contributed by atoms with Crippen LogP contribution in [0.2, 0.25) is 5.02 Å². The molecule has 0 spiro atoms. The van der Waals surface area contributed by atoms with Crippen molar-refractivity contribution in [3.05, 3.63) is 27.3 Å². The van der Waals surface area contributed by atoms with E-state index in [4.69, 9.17) is 21.1 Å². The predicted octanol–water partition coefficient (Wildman–Crippen LogP) is 2.86. The van der Waals surface area contributed by atoms with Crippen molar-refractivity contribution in [3.8, 4) is 5.75 Å². The maximum absolute atomic E-state index is 12.2. The van der Waals surface area contributed by atoms with Crippen LogP contribution in [-0.2, 0) is 4.74 Å². The maximum atomic E-state index is 12.2. The van der Waals surface area contributed by atoms with Crippen molar-refractivity contribution in [1.82, 2.24) is 0 Å².